The number of benzene rings is 2. The standard InChI is InChI=1S/C17H18FNO/c1-20-17-9-6-12(10-15(17)18)11-19-16-8-7-13-4-2-3-5-14(13)16/h2-6,9-10,16,19H,7-8,11H2,1H3. The second kappa shape index (κ2) is 5.63. The van der Waals surface area contributed by atoms with Crippen LogP contribution in [-0.4, -0.2) is 7.11 Å². The van der Waals surface area contributed by atoms with E-state index in [1.807, 2.05) is 6.07 Å². The van der Waals surface area contributed by atoms with E-state index >= 15 is 0 Å². The Labute approximate surface area is 118 Å². The first kappa shape index (κ1) is 13.1. The summed E-state index contributed by atoms with van der Waals surface area (Å²) >= 11 is 0. The Kier molecular flexibility index (Phi) is 3.70. The van der Waals surface area contributed by atoms with Crippen molar-refractivity contribution in [2.45, 2.75) is 25.4 Å². The summed E-state index contributed by atoms with van der Waals surface area (Å²) in [6.45, 7) is 0.667. The van der Waals surface area contributed by atoms with Crippen LogP contribution in [-0.2, 0) is 13.0 Å². The molecule has 20 heavy (non-hydrogen) atoms. The molecule has 1 atom stereocenters. The summed E-state index contributed by atoms with van der Waals surface area (Å²) in [7, 11) is 1.48. The third-order valence-corrected chi connectivity index (χ3v) is 3.90. The van der Waals surface area contributed by atoms with Crippen LogP contribution in [0.1, 0.15) is 29.2 Å². The third kappa shape index (κ3) is 2.54. The minimum atomic E-state index is -0.307. The number of rotatable bonds is 4. The van der Waals surface area contributed by atoms with Crippen LogP contribution in [0.15, 0.2) is 42.5 Å². The summed E-state index contributed by atoms with van der Waals surface area (Å²) in [5.74, 6) is -0.0152. The molecule has 104 valence electrons. The first-order chi connectivity index (χ1) is 9.78. The van der Waals surface area contributed by atoms with Gasteiger partial charge in [0.05, 0.1) is 7.11 Å². The lowest BCUT2D eigenvalue weighted by Gasteiger charge is -2.14. The number of fused-ring (bicyclic) bond motifs is 1. The van der Waals surface area contributed by atoms with Crippen molar-refractivity contribution in [3.05, 3.63) is 65.0 Å². The van der Waals surface area contributed by atoms with E-state index in [1.54, 1.807) is 6.07 Å². The highest BCUT2D eigenvalue weighted by Crippen LogP contribution is 2.31. The number of hydrogen-bond acceptors (Lipinski definition) is 2. The van der Waals surface area contributed by atoms with Crippen molar-refractivity contribution in [2.75, 3.05) is 7.11 Å². The Bertz CT molecular complexity index is 612. The van der Waals surface area contributed by atoms with Crippen molar-refractivity contribution in [3.8, 4) is 5.75 Å². The fourth-order valence-electron chi connectivity index (χ4n) is 2.83. The van der Waals surface area contributed by atoms with Crippen molar-refractivity contribution in [2.24, 2.45) is 0 Å². The lowest BCUT2D eigenvalue weighted by Crippen LogP contribution is -2.18. The van der Waals surface area contributed by atoms with Crippen molar-refractivity contribution in [3.63, 3.8) is 0 Å². The van der Waals surface area contributed by atoms with E-state index in [0.29, 0.717) is 18.3 Å². The molecule has 2 nitrogen and oxygen atoms in total. The highest BCUT2D eigenvalue weighted by molar-refractivity contribution is 5.34. The van der Waals surface area contributed by atoms with Crippen molar-refractivity contribution >= 4 is 0 Å². The predicted octanol–water partition coefficient (Wildman–Crippen LogP) is 3.61. The molecule has 0 aromatic heterocycles. The number of halogens is 1. The summed E-state index contributed by atoms with van der Waals surface area (Å²) in [6, 6.07) is 14.0. The molecule has 1 N–H and O–H groups in total. The van der Waals surface area contributed by atoms with E-state index in [2.05, 4.69) is 29.6 Å². The fourth-order valence-corrected chi connectivity index (χ4v) is 2.83. The van der Waals surface area contributed by atoms with Crippen LogP contribution in [0.5, 0.6) is 5.75 Å². The molecular formula is C17H18FNO. The summed E-state index contributed by atoms with van der Waals surface area (Å²) in [6.07, 6.45) is 2.22. The molecule has 2 aromatic rings. The van der Waals surface area contributed by atoms with E-state index in [0.717, 1.165) is 18.4 Å². The molecule has 0 saturated carbocycles. The van der Waals surface area contributed by atoms with Crippen LogP contribution in [0, 0.1) is 5.82 Å². The van der Waals surface area contributed by atoms with E-state index in [4.69, 9.17) is 4.74 Å². The molecule has 0 fully saturated rings. The maximum atomic E-state index is 13.6. The van der Waals surface area contributed by atoms with E-state index in [-0.39, 0.29) is 5.82 Å². The van der Waals surface area contributed by atoms with Crippen molar-refractivity contribution in [1.82, 2.24) is 5.32 Å². The molecule has 2 aromatic carbocycles. The number of ether oxygens (including phenoxy) is 1. The summed E-state index contributed by atoms with van der Waals surface area (Å²) in [5.41, 5.74) is 3.74. The van der Waals surface area contributed by atoms with Crippen LogP contribution in [0.4, 0.5) is 4.39 Å². The van der Waals surface area contributed by atoms with Gasteiger partial charge in [-0.3, -0.25) is 0 Å². The second-order valence-corrected chi connectivity index (χ2v) is 5.14. The molecule has 3 rings (SSSR count). The number of hydrogen-bond donors (Lipinski definition) is 1. The van der Waals surface area contributed by atoms with Gasteiger partial charge in [0.15, 0.2) is 11.6 Å². The van der Waals surface area contributed by atoms with Crippen molar-refractivity contribution in [1.29, 1.82) is 0 Å². The van der Waals surface area contributed by atoms with E-state index in [1.165, 1.54) is 24.3 Å². The van der Waals surface area contributed by atoms with Crippen molar-refractivity contribution < 1.29 is 9.13 Å². The summed E-state index contributed by atoms with van der Waals surface area (Å²) < 4.78 is 18.6. The van der Waals surface area contributed by atoms with Gasteiger partial charge in [-0.2, -0.15) is 0 Å². The van der Waals surface area contributed by atoms with Crippen LogP contribution < -0.4 is 10.1 Å². The Morgan fingerprint density at radius 2 is 2.10 bits per heavy atom. The molecule has 0 aliphatic heterocycles. The van der Waals surface area contributed by atoms with Gasteiger partial charge in [-0.15, -0.1) is 0 Å². The molecule has 0 amide bonds. The van der Waals surface area contributed by atoms with Crippen LogP contribution in [0.2, 0.25) is 0 Å². The maximum Gasteiger partial charge on any atom is 0.165 e. The first-order valence-corrected chi connectivity index (χ1v) is 6.91. The van der Waals surface area contributed by atoms with Gasteiger partial charge in [0.2, 0.25) is 0 Å². The summed E-state index contributed by atoms with van der Waals surface area (Å²) in [5, 5.41) is 3.51. The lowest BCUT2D eigenvalue weighted by atomic mass is 10.1. The average Bonchev–Trinajstić information content (AvgIpc) is 2.88. The monoisotopic (exact) mass is 271 g/mol. The van der Waals surface area contributed by atoms with Gasteiger partial charge in [-0.25, -0.2) is 4.39 Å². The van der Waals surface area contributed by atoms with Gasteiger partial charge in [0.25, 0.3) is 0 Å². The third-order valence-electron chi connectivity index (χ3n) is 3.90. The minimum absolute atomic E-state index is 0.292. The van der Waals surface area contributed by atoms with E-state index < -0.39 is 0 Å². The predicted molar refractivity (Wildman–Crippen MR) is 77.3 cm³/mol. The highest BCUT2D eigenvalue weighted by Gasteiger charge is 2.21. The van der Waals surface area contributed by atoms with E-state index in [9.17, 15) is 4.39 Å². The minimum Gasteiger partial charge on any atom is -0.494 e. The zero-order valence-electron chi connectivity index (χ0n) is 11.5. The van der Waals surface area contributed by atoms with Gasteiger partial charge < -0.3 is 10.1 Å². The largest absolute Gasteiger partial charge is 0.494 e. The van der Waals surface area contributed by atoms with Crippen LogP contribution in [0.3, 0.4) is 0 Å². The molecule has 0 saturated heterocycles. The van der Waals surface area contributed by atoms with Gasteiger partial charge in [0.1, 0.15) is 0 Å². The zero-order chi connectivity index (χ0) is 13.9. The molecule has 1 aliphatic carbocycles. The van der Waals surface area contributed by atoms with Gasteiger partial charge in [-0.1, -0.05) is 30.3 Å². The lowest BCUT2D eigenvalue weighted by molar-refractivity contribution is 0.386. The molecule has 1 aliphatic rings. The molecule has 0 radical (unpaired) electrons. The Morgan fingerprint density at radius 3 is 2.90 bits per heavy atom. The first-order valence-electron chi connectivity index (χ1n) is 6.91. The molecule has 0 heterocycles. The topological polar surface area (TPSA) is 21.3 Å². The molecule has 3 heteroatoms. The molecule has 0 spiro atoms. The van der Waals surface area contributed by atoms with Crippen LogP contribution in [0.25, 0.3) is 0 Å². The highest BCUT2D eigenvalue weighted by atomic mass is 19.1. The quantitative estimate of drug-likeness (QED) is 0.917. The SMILES string of the molecule is COc1ccc(CNC2CCc3ccccc32)cc1F. The fraction of sp³-hybridized carbons (Fsp3) is 0.294. The zero-order valence-corrected chi connectivity index (χ0v) is 11.5. The average molecular weight is 271 g/mol. The Hall–Kier alpha value is -1.87. The Morgan fingerprint density at radius 1 is 1.25 bits per heavy atom. The van der Waals surface area contributed by atoms with Gasteiger partial charge in [0, 0.05) is 12.6 Å². The normalized spacial score (nSPS) is 17.0. The number of aryl methyl sites for hydroxylation is 1. The Balaban J connectivity index is 1.67. The molecule has 1 unspecified atom stereocenters. The molecular weight excluding hydrogens is 253 g/mol. The van der Waals surface area contributed by atoms with Gasteiger partial charge in [-0.05, 0) is 41.7 Å². The maximum absolute atomic E-state index is 13.6. The number of nitrogens with one attached hydrogen (secondary N) is 1. The second-order valence-electron chi connectivity index (χ2n) is 5.14. The number of methoxy groups -OCH3 is 1. The van der Waals surface area contributed by atoms with Gasteiger partial charge >= 0.3 is 0 Å². The molecule has 0 bridgehead atoms. The smallest absolute Gasteiger partial charge is 0.165 e. The summed E-state index contributed by atoms with van der Waals surface area (Å²) in [4.78, 5) is 0. The van der Waals surface area contributed by atoms with Crippen LogP contribution >= 0.6 is 0 Å².